The van der Waals surface area contributed by atoms with Gasteiger partial charge in [-0.2, -0.15) is 13.2 Å². The minimum Gasteiger partial charge on any atom is -0.316 e. The van der Waals surface area contributed by atoms with Crippen molar-refractivity contribution in [3.8, 4) is 0 Å². The maximum atomic E-state index is 13.4. The van der Waals surface area contributed by atoms with Crippen LogP contribution in [0.15, 0.2) is 54.7 Å². The largest absolute Gasteiger partial charge is 0.418 e. The second-order valence-electron chi connectivity index (χ2n) is 5.25. The predicted molar refractivity (Wildman–Crippen MR) is 82.2 cm³/mol. The van der Waals surface area contributed by atoms with E-state index < -0.39 is 11.7 Å². The number of hydrogen-bond acceptors (Lipinski definition) is 1. The molecule has 0 amide bonds. The number of hydrogen-bond donors (Lipinski definition) is 0. The van der Waals surface area contributed by atoms with Gasteiger partial charge in [-0.1, -0.05) is 43.3 Å². The van der Waals surface area contributed by atoms with Crippen molar-refractivity contribution in [1.29, 1.82) is 0 Å². The fourth-order valence-corrected chi connectivity index (χ4v) is 2.87. The zero-order chi connectivity index (χ0) is 15.7. The van der Waals surface area contributed by atoms with Crippen LogP contribution in [0.3, 0.4) is 0 Å². The Morgan fingerprint density at radius 3 is 2.55 bits per heavy atom. The highest BCUT2D eigenvalue weighted by atomic mass is 19.4. The molecule has 1 nitrogen and oxygen atoms in total. The fourth-order valence-electron chi connectivity index (χ4n) is 2.87. The van der Waals surface area contributed by atoms with Crippen LogP contribution in [0.2, 0.25) is 0 Å². The van der Waals surface area contributed by atoms with Gasteiger partial charge >= 0.3 is 6.18 Å². The van der Waals surface area contributed by atoms with Gasteiger partial charge in [-0.15, -0.1) is 0 Å². The molecule has 0 spiro atoms. The number of rotatable bonds is 2. The van der Waals surface area contributed by atoms with Crippen LogP contribution in [0.5, 0.6) is 0 Å². The molecule has 1 heterocycles. The number of nitrogens with zero attached hydrogens (tertiary/aromatic N) is 1. The smallest absolute Gasteiger partial charge is 0.316 e. The van der Waals surface area contributed by atoms with E-state index in [0.717, 1.165) is 23.7 Å². The number of benzene rings is 2. The summed E-state index contributed by atoms with van der Waals surface area (Å²) in [6.07, 6.45) is 0.561. The number of anilines is 2. The Morgan fingerprint density at radius 1 is 1.05 bits per heavy atom. The summed E-state index contributed by atoms with van der Waals surface area (Å²) in [6.45, 7) is 2.00. The SMILES string of the molecule is CCc1ccccc1N1C=CCc2cccc(C(F)(F)F)c21. The van der Waals surface area contributed by atoms with E-state index in [0.29, 0.717) is 12.0 Å². The van der Waals surface area contributed by atoms with E-state index in [2.05, 4.69) is 0 Å². The molecule has 0 saturated carbocycles. The van der Waals surface area contributed by atoms with Gasteiger partial charge in [0, 0.05) is 11.9 Å². The lowest BCUT2D eigenvalue weighted by Gasteiger charge is -2.31. The summed E-state index contributed by atoms with van der Waals surface area (Å²) >= 11 is 0. The Morgan fingerprint density at radius 2 is 1.82 bits per heavy atom. The monoisotopic (exact) mass is 303 g/mol. The number of alkyl halides is 3. The van der Waals surface area contributed by atoms with Crippen LogP contribution in [0.25, 0.3) is 0 Å². The van der Waals surface area contributed by atoms with E-state index >= 15 is 0 Å². The average molecular weight is 303 g/mol. The number of fused-ring (bicyclic) bond motifs is 1. The lowest BCUT2D eigenvalue weighted by molar-refractivity contribution is -0.137. The van der Waals surface area contributed by atoms with E-state index in [1.807, 2.05) is 37.3 Å². The summed E-state index contributed by atoms with van der Waals surface area (Å²) in [5.41, 5.74) is 2.19. The molecule has 0 aromatic heterocycles. The van der Waals surface area contributed by atoms with Gasteiger partial charge in [-0.25, -0.2) is 0 Å². The second kappa shape index (κ2) is 5.52. The Balaban J connectivity index is 2.22. The zero-order valence-electron chi connectivity index (χ0n) is 12.2. The quantitative estimate of drug-likeness (QED) is 0.710. The molecule has 0 N–H and O–H groups in total. The molecule has 0 atom stereocenters. The summed E-state index contributed by atoms with van der Waals surface area (Å²) in [7, 11) is 0. The first-order valence-corrected chi connectivity index (χ1v) is 7.25. The number of aryl methyl sites for hydroxylation is 1. The van der Waals surface area contributed by atoms with Crippen LogP contribution in [0.4, 0.5) is 24.5 Å². The molecule has 2 aromatic carbocycles. The van der Waals surface area contributed by atoms with Gasteiger partial charge in [0.15, 0.2) is 0 Å². The molecular weight excluding hydrogens is 287 g/mol. The van der Waals surface area contributed by atoms with Crippen LogP contribution >= 0.6 is 0 Å². The minimum absolute atomic E-state index is 0.249. The normalized spacial score (nSPS) is 14.1. The van der Waals surface area contributed by atoms with Crippen LogP contribution in [-0.2, 0) is 19.0 Å². The van der Waals surface area contributed by atoms with Crippen LogP contribution in [0, 0.1) is 0 Å². The molecule has 4 heteroatoms. The average Bonchev–Trinajstić information content (AvgIpc) is 2.52. The highest BCUT2D eigenvalue weighted by Crippen LogP contribution is 2.43. The third kappa shape index (κ3) is 2.49. The van der Waals surface area contributed by atoms with Gasteiger partial charge in [-0.3, -0.25) is 0 Å². The number of halogens is 3. The Labute approximate surface area is 127 Å². The second-order valence-corrected chi connectivity index (χ2v) is 5.25. The van der Waals surface area contributed by atoms with E-state index in [1.54, 1.807) is 17.2 Å². The molecule has 0 aliphatic carbocycles. The summed E-state index contributed by atoms with van der Waals surface area (Å²) in [5, 5.41) is 0. The van der Waals surface area contributed by atoms with Gasteiger partial charge < -0.3 is 4.90 Å². The summed E-state index contributed by atoms with van der Waals surface area (Å²) in [6, 6.07) is 12.0. The third-order valence-electron chi connectivity index (χ3n) is 3.89. The van der Waals surface area contributed by atoms with Gasteiger partial charge in [0.1, 0.15) is 0 Å². The van der Waals surface area contributed by atoms with Crippen molar-refractivity contribution in [3.63, 3.8) is 0 Å². The summed E-state index contributed by atoms with van der Waals surface area (Å²) < 4.78 is 40.2. The van der Waals surface area contributed by atoms with Crippen LogP contribution in [-0.4, -0.2) is 0 Å². The first kappa shape index (κ1) is 14.7. The first-order valence-electron chi connectivity index (χ1n) is 7.25. The van der Waals surface area contributed by atoms with E-state index in [1.165, 1.54) is 6.07 Å². The first-order chi connectivity index (χ1) is 10.5. The van der Waals surface area contributed by atoms with E-state index in [9.17, 15) is 13.2 Å². The predicted octanol–water partition coefficient (Wildman–Crippen LogP) is 5.48. The van der Waals surface area contributed by atoms with Crippen molar-refractivity contribution in [2.24, 2.45) is 0 Å². The minimum atomic E-state index is -4.37. The van der Waals surface area contributed by atoms with Crippen molar-refractivity contribution in [3.05, 3.63) is 71.4 Å². The van der Waals surface area contributed by atoms with Gasteiger partial charge in [0.2, 0.25) is 0 Å². The molecule has 0 saturated heterocycles. The highest BCUT2D eigenvalue weighted by molar-refractivity contribution is 5.76. The lowest BCUT2D eigenvalue weighted by Crippen LogP contribution is -2.21. The zero-order valence-corrected chi connectivity index (χ0v) is 12.2. The molecule has 1 aliphatic heterocycles. The molecule has 2 aromatic rings. The molecule has 1 aliphatic rings. The van der Waals surface area contributed by atoms with Crippen molar-refractivity contribution < 1.29 is 13.2 Å². The maximum absolute atomic E-state index is 13.4. The van der Waals surface area contributed by atoms with Crippen LogP contribution < -0.4 is 4.90 Å². The van der Waals surface area contributed by atoms with Gasteiger partial charge in [-0.05, 0) is 36.1 Å². The molecule has 0 bridgehead atoms. The third-order valence-corrected chi connectivity index (χ3v) is 3.89. The Kier molecular flexibility index (Phi) is 3.69. The van der Waals surface area contributed by atoms with Crippen molar-refractivity contribution in [1.82, 2.24) is 0 Å². The lowest BCUT2D eigenvalue weighted by atomic mass is 9.98. The molecule has 0 radical (unpaired) electrons. The molecular formula is C18H16F3N. The summed E-state index contributed by atoms with van der Waals surface area (Å²) in [4.78, 5) is 1.67. The molecule has 0 unspecified atom stereocenters. The van der Waals surface area contributed by atoms with Gasteiger partial charge in [0.05, 0.1) is 11.3 Å². The number of allylic oxidation sites excluding steroid dienone is 1. The number of para-hydroxylation sites is 2. The van der Waals surface area contributed by atoms with Crippen molar-refractivity contribution >= 4 is 11.4 Å². The van der Waals surface area contributed by atoms with E-state index in [4.69, 9.17) is 0 Å². The molecule has 114 valence electrons. The fraction of sp³-hybridized carbons (Fsp3) is 0.222. The van der Waals surface area contributed by atoms with Gasteiger partial charge in [0.25, 0.3) is 0 Å². The topological polar surface area (TPSA) is 3.24 Å². The van der Waals surface area contributed by atoms with Crippen LogP contribution in [0.1, 0.15) is 23.6 Å². The maximum Gasteiger partial charge on any atom is 0.418 e. The van der Waals surface area contributed by atoms with Crippen molar-refractivity contribution in [2.45, 2.75) is 25.9 Å². The van der Waals surface area contributed by atoms with Crippen molar-refractivity contribution in [2.75, 3.05) is 4.90 Å². The Bertz CT molecular complexity index is 717. The standard InChI is InChI=1S/C18H16F3N/c1-2-13-7-3-4-11-16(13)22-12-6-9-14-8-5-10-15(17(14)22)18(19,20)21/h3-8,10-12H,2,9H2,1H3. The molecule has 0 fully saturated rings. The molecule has 3 rings (SSSR count). The summed E-state index contributed by atoms with van der Waals surface area (Å²) in [5.74, 6) is 0. The Hall–Kier alpha value is -2.23. The highest BCUT2D eigenvalue weighted by Gasteiger charge is 2.36. The molecule has 22 heavy (non-hydrogen) atoms. The van der Waals surface area contributed by atoms with E-state index in [-0.39, 0.29) is 5.69 Å².